The summed E-state index contributed by atoms with van der Waals surface area (Å²) < 4.78 is 5.50. The highest BCUT2D eigenvalue weighted by atomic mass is 16.5. The molecule has 0 amide bonds. The Morgan fingerprint density at radius 1 is 1.50 bits per heavy atom. The molecule has 1 unspecified atom stereocenters. The first kappa shape index (κ1) is 15.4. The minimum absolute atomic E-state index is 0.0656. The van der Waals surface area contributed by atoms with Crippen molar-refractivity contribution < 1.29 is 14.6 Å². The second-order valence-electron chi connectivity index (χ2n) is 4.95. The molecule has 0 aromatic carbocycles. The van der Waals surface area contributed by atoms with Crippen molar-refractivity contribution in [1.82, 2.24) is 10.2 Å². The maximum Gasteiger partial charge on any atom is 0.317 e. The van der Waals surface area contributed by atoms with Crippen LogP contribution in [-0.4, -0.2) is 61.9 Å². The van der Waals surface area contributed by atoms with Crippen LogP contribution in [-0.2, 0) is 9.53 Å². The summed E-state index contributed by atoms with van der Waals surface area (Å²) in [7, 11) is 0. The molecule has 5 nitrogen and oxygen atoms in total. The molecule has 1 fully saturated rings. The van der Waals surface area contributed by atoms with E-state index in [1.807, 2.05) is 0 Å². The Kier molecular flexibility index (Phi) is 7.96. The van der Waals surface area contributed by atoms with E-state index in [2.05, 4.69) is 17.1 Å². The lowest BCUT2D eigenvalue weighted by Gasteiger charge is -2.32. The number of ether oxygens (including phenoxy) is 1. The number of rotatable bonds is 9. The summed E-state index contributed by atoms with van der Waals surface area (Å²) in [6.07, 6.45) is 3.47. The van der Waals surface area contributed by atoms with E-state index >= 15 is 0 Å². The zero-order chi connectivity index (χ0) is 13.2. The number of nitrogens with zero attached hydrogens (tertiary/aromatic N) is 1. The number of hydrogen-bond acceptors (Lipinski definition) is 4. The summed E-state index contributed by atoms with van der Waals surface area (Å²) in [6.45, 7) is 7.84. The molecule has 0 bridgehead atoms. The Hall–Kier alpha value is -0.650. The van der Waals surface area contributed by atoms with Gasteiger partial charge in [-0.3, -0.25) is 4.79 Å². The zero-order valence-electron chi connectivity index (χ0n) is 11.4. The highest BCUT2D eigenvalue weighted by Gasteiger charge is 2.19. The highest BCUT2D eigenvalue weighted by molar-refractivity contribution is 5.68. The summed E-state index contributed by atoms with van der Waals surface area (Å²) in [4.78, 5) is 12.8. The zero-order valence-corrected chi connectivity index (χ0v) is 11.4. The van der Waals surface area contributed by atoms with Gasteiger partial charge in [0, 0.05) is 19.7 Å². The first-order valence-electron chi connectivity index (χ1n) is 6.95. The van der Waals surface area contributed by atoms with Gasteiger partial charge in [-0.15, -0.1) is 0 Å². The fourth-order valence-corrected chi connectivity index (χ4v) is 2.34. The molecular weight excluding hydrogens is 232 g/mol. The van der Waals surface area contributed by atoms with Gasteiger partial charge in [0.2, 0.25) is 0 Å². The summed E-state index contributed by atoms with van der Waals surface area (Å²) in [5.74, 6) is -0.208. The van der Waals surface area contributed by atoms with Crippen molar-refractivity contribution in [3.05, 3.63) is 0 Å². The van der Waals surface area contributed by atoms with Crippen LogP contribution in [0.1, 0.15) is 26.2 Å². The van der Waals surface area contributed by atoms with E-state index in [1.54, 1.807) is 0 Å². The second kappa shape index (κ2) is 9.30. The normalized spacial score (nSPS) is 21.1. The van der Waals surface area contributed by atoms with Crippen LogP contribution in [0.5, 0.6) is 0 Å². The molecule has 1 saturated heterocycles. The SMILES string of the molecule is CCCOCCN1CCCC(CNCC(=O)O)C1. The van der Waals surface area contributed by atoms with Gasteiger partial charge in [-0.05, 0) is 38.3 Å². The van der Waals surface area contributed by atoms with E-state index < -0.39 is 5.97 Å². The Morgan fingerprint density at radius 2 is 2.33 bits per heavy atom. The molecule has 0 saturated carbocycles. The molecule has 1 aliphatic rings. The van der Waals surface area contributed by atoms with Gasteiger partial charge in [-0.25, -0.2) is 0 Å². The van der Waals surface area contributed by atoms with Gasteiger partial charge in [0.1, 0.15) is 0 Å². The van der Waals surface area contributed by atoms with Gasteiger partial charge >= 0.3 is 5.97 Å². The van der Waals surface area contributed by atoms with Crippen LogP contribution < -0.4 is 5.32 Å². The van der Waals surface area contributed by atoms with Gasteiger partial charge in [0.25, 0.3) is 0 Å². The van der Waals surface area contributed by atoms with Crippen molar-refractivity contribution >= 4 is 5.97 Å². The third kappa shape index (κ3) is 6.93. The predicted molar refractivity (Wildman–Crippen MR) is 70.8 cm³/mol. The third-order valence-corrected chi connectivity index (χ3v) is 3.21. The molecule has 1 rings (SSSR count). The lowest BCUT2D eigenvalue weighted by Crippen LogP contribution is -2.41. The van der Waals surface area contributed by atoms with Crippen molar-refractivity contribution in [3.8, 4) is 0 Å². The van der Waals surface area contributed by atoms with Crippen molar-refractivity contribution in [3.63, 3.8) is 0 Å². The molecule has 0 radical (unpaired) electrons. The van der Waals surface area contributed by atoms with E-state index in [-0.39, 0.29) is 6.54 Å². The topological polar surface area (TPSA) is 61.8 Å². The second-order valence-corrected chi connectivity index (χ2v) is 4.95. The van der Waals surface area contributed by atoms with Crippen molar-refractivity contribution in [2.75, 3.05) is 45.9 Å². The quantitative estimate of drug-likeness (QED) is 0.599. The van der Waals surface area contributed by atoms with Crippen LogP contribution in [0.3, 0.4) is 0 Å². The highest BCUT2D eigenvalue weighted by Crippen LogP contribution is 2.15. The van der Waals surface area contributed by atoms with Gasteiger partial charge in [0.05, 0.1) is 13.2 Å². The lowest BCUT2D eigenvalue weighted by atomic mass is 9.98. The molecule has 2 N–H and O–H groups in total. The van der Waals surface area contributed by atoms with Gasteiger partial charge < -0.3 is 20.1 Å². The van der Waals surface area contributed by atoms with Crippen molar-refractivity contribution in [2.45, 2.75) is 26.2 Å². The van der Waals surface area contributed by atoms with Crippen LogP contribution >= 0.6 is 0 Å². The maximum absolute atomic E-state index is 10.4. The third-order valence-electron chi connectivity index (χ3n) is 3.21. The number of carboxylic acid groups (broad SMARTS) is 1. The number of aliphatic carboxylic acids is 1. The number of carboxylic acids is 1. The molecule has 1 aliphatic heterocycles. The lowest BCUT2D eigenvalue weighted by molar-refractivity contribution is -0.136. The van der Waals surface area contributed by atoms with Gasteiger partial charge in [-0.2, -0.15) is 0 Å². The fourth-order valence-electron chi connectivity index (χ4n) is 2.34. The predicted octanol–water partition coefficient (Wildman–Crippen LogP) is 0.799. The molecule has 106 valence electrons. The summed E-state index contributed by atoms with van der Waals surface area (Å²) in [5.41, 5.74) is 0. The van der Waals surface area contributed by atoms with E-state index in [9.17, 15) is 4.79 Å². The van der Waals surface area contributed by atoms with Gasteiger partial charge in [0.15, 0.2) is 0 Å². The van der Waals surface area contributed by atoms with Crippen LogP contribution in [0.2, 0.25) is 0 Å². The summed E-state index contributed by atoms with van der Waals surface area (Å²) in [6, 6.07) is 0. The molecular formula is C13H26N2O3. The average Bonchev–Trinajstić information content (AvgIpc) is 2.35. The summed E-state index contributed by atoms with van der Waals surface area (Å²) in [5, 5.41) is 11.6. The van der Waals surface area contributed by atoms with Crippen LogP contribution in [0.4, 0.5) is 0 Å². The average molecular weight is 258 g/mol. The Morgan fingerprint density at radius 3 is 3.06 bits per heavy atom. The number of nitrogens with one attached hydrogen (secondary N) is 1. The molecule has 0 aliphatic carbocycles. The molecule has 0 aromatic heterocycles. The molecule has 0 spiro atoms. The number of hydrogen-bond donors (Lipinski definition) is 2. The first-order valence-corrected chi connectivity index (χ1v) is 6.95. The van der Waals surface area contributed by atoms with Crippen LogP contribution in [0.25, 0.3) is 0 Å². The Bertz CT molecular complexity index is 236. The summed E-state index contributed by atoms with van der Waals surface area (Å²) >= 11 is 0. The molecule has 18 heavy (non-hydrogen) atoms. The maximum atomic E-state index is 10.4. The molecule has 1 atom stereocenters. The fraction of sp³-hybridized carbons (Fsp3) is 0.923. The van der Waals surface area contributed by atoms with E-state index in [4.69, 9.17) is 9.84 Å². The smallest absolute Gasteiger partial charge is 0.317 e. The standard InChI is InChI=1S/C13H26N2O3/c1-2-7-18-8-6-15-5-3-4-12(11-15)9-14-10-13(16)17/h12,14H,2-11H2,1H3,(H,16,17). The van der Waals surface area contributed by atoms with Crippen molar-refractivity contribution in [1.29, 1.82) is 0 Å². The molecule has 5 heteroatoms. The van der Waals surface area contributed by atoms with Gasteiger partial charge in [-0.1, -0.05) is 6.92 Å². The van der Waals surface area contributed by atoms with E-state index in [1.165, 1.54) is 12.8 Å². The Labute approximate surface area is 109 Å². The number of likely N-dealkylation sites (tertiary alicyclic amines) is 1. The van der Waals surface area contributed by atoms with Crippen LogP contribution in [0, 0.1) is 5.92 Å². The first-order chi connectivity index (χ1) is 8.72. The Balaban J connectivity index is 2.09. The monoisotopic (exact) mass is 258 g/mol. The van der Waals surface area contributed by atoms with Crippen LogP contribution in [0.15, 0.2) is 0 Å². The number of piperidine rings is 1. The largest absolute Gasteiger partial charge is 0.480 e. The van der Waals surface area contributed by atoms with Crippen molar-refractivity contribution in [2.24, 2.45) is 5.92 Å². The molecule has 0 aromatic rings. The number of carbonyl (C=O) groups is 1. The van der Waals surface area contributed by atoms with E-state index in [0.717, 1.165) is 45.8 Å². The molecule has 1 heterocycles. The minimum atomic E-state index is -0.782. The minimum Gasteiger partial charge on any atom is -0.480 e. The van der Waals surface area contributed by atoms with E-state index in [0.29, 0.717) is 5.92 Å².